The van der Waals surface area contributed by atoms with Gasteiger partial charge in [0, 0.05) is 0 Å². The number of hydrogen-bond acceptors (Lipinski definition) is 2. The van der Waals surface area contributed by atoms with Gasteiger partial charge in [-0.2, -0.15) is 5.10 Å². The number of carbonyl (C=O) groups is 1. The van der Waals surface area contributed by atoms with E-state index < -0.39 is 0 Å². The zero-order valence-electron chi connectivity index (χ0n) is 13.2. The number of benzene rings is 1. The van der Waals surface area contributed by atoms with E-state index in [4.69, 9.17) is 11.6 Å². The summed E-state index contributed by atoms with van der Waals surface area (Å²) in [6, 6.07) is 8.41. The molecule has 1 aromatic heterocycles. The van der Waals surface area contributed by atoms with Crippen LogP contribution in [0.5, 0.6) is 0 Å². The molecule has 5 heteroatoms. The second kappa shape index (κ2) is 7.45. The summed E-state index contributed by atoms with van der Waals surface area (Å²) in [4.78, 5) is 12.2. The molecule has 0 aliphatic rings. The molecule has 22 heavy (non-hydrogen) atoms. The first-order chi connectivity index (χ1) is 10.6. The van der Waals surface area contributed by atoms with Crippen LogP contribution in [0.4, 0.5) is 0 Å². The fourth-order valence-electron chi connectivity index (χ4n) is 2.37. The summed E-state index contributed by atoms with van der Waals surface area (Å²) in [6.45, 7) is 6.44. The summed E-state index contributed by atoms with van der Waals surface area (Å²) in [5, 5.41) is 9.72. The Balaban J connectivity index is 2.11. The Kier molecular flexibility index (Phi) is 5.61. The van der Waals surface area contributed by atoms with Crippen molar-refractivity contribution >= 4 is 17.5 Å². The average molecular weight is 320 g/mol. The Morgan fingerprint density at radius 1 is 1.23 bits per heavy atom. The van der Waals surface area contributed by atoms with E-state index in [2.05, 4.69) is 53.6 Å². The highest BCUT2D eigenvalue weighted by molar-refractivity contribution is 6.33. The number of carbonyl (C=O) groups excluding carboxylic acids is 1. The van der Waals surface area contributed by atoms with Gasteiger partial charge in [-0.25, -0.2) is 0 Å². The van der Waals surface area contributed by atoms with Gasteiger partial charge in [0.25, 0.3) is 5.91 Å². The van der Waals surface area contributed by atoms with Crippen molar-refractivity contribution in [3.8, 4) is 0 Å². The van der Waals surface area contributed by atoms with E-state index >= 15 is 0 Å². The van der Waals surface area contributed by atoms with Crippen LogP contribution in [0, 0.1) is 0 Å². The highest BCUT2D eigenvalue weighted by Gasteiger charge is 2.17. The van der Waals surface area contributed by atoms with Gasteiger partial charge < -0.3 is 5.32 Å². The van der Waals surface area contributed by atoms with Gasteiger partial charge in [0.05, 0.1) is 17.3 Å². The van der Waals surface area contributed by atoms with Crippen molar-refractivity contribution in [2.24, 2.45) is 0 Å². The number of rotatable bonds is 6. The zero-order valence-corrected chi connectivity index (χ0v) is 13.9. The third-order valence-corrected chi connectivity index (χ3v) is 4.34. The van der Waals surface area contributed by atoms with Crippen molar-refractivity contribution in [2.45, 2.75) is 45.6 Å². The van der Waals surface area contributed by atoms with Gasteiger partial charge in [-0.15, -0.1) is 0 Å². The molecule has 1 heterocycles. The van der Waals surface area contributed by atoms with Crippen LogP contribution < -0.4 is 5.32 Å². The van der Waals surface area contributed by atoms with Crippen LogP contribution in [-0.4, -0.2) is 16.1 Å². The molecule has 0 fully saturated rings. The minimum atomic E-state index is -0.236. The number of nitrogens with one attached hydrogen (secondary N) is 2. The van der Waals surface area contributed by atoms with Crippen molar-refractivity contribution < 1.29 is 4.79 Å². The molecule has 2 atom stereocenters. The first-order valence-electron chi connectivity index (χ1n) is 7.66. The number of amides is 1. The minimum absolute atomic E-state index is 0.0437. The molecule has 0 radical (unpaired) electrons. The average Bonchev–Trinajstić information content (AvgIpc) is 2.98. The molecule has 0 aliphatic heterocycles. The summed E-state index contributed by atoms with van der Waals surface area (Å²) in [5.41, 5.74) is 2.72. The summed E-state index contributed by atoms with van der Waals surface area (Å²) in [7, 11) is 0. The van der Waals surface area contributed by atoms with E-state index in [0.717, 1.165) is 18.4 Å². The van der Waals surface area contributed by atoms with Gasteiger partial charge >= 0.3 is 0 Å². The van der Waals surface area contributed by atoms with E-state index in [1.807, 2.05) is 6.92 Å². The second-order valence-electron chi connectivity index (χ2n) is 5.50. The van der Waals surface area contributed by atoms with Crippen molar-refractivity contribution in [3.05, 3.63) is 52.3 Å². The number of aromatic amines is 1. The molecule has 118 valence electrons. The van der Waals surface area contributed by atoms with Crippen molar-refractivity contribution in [1.82, 2.24) is 15.5 Å². The van der Waals surface area contributed by atoms with Gasteiger partial charge in [0.1, 0.15) is 5.69 Å². The van der Waals surface area contributed by atoms with Crippen LogP contribution in [0.3, 0.4) is 0 Å². The molecule has 2 N–H and O–H groups in total. The van der Waals surface area contributed by atoms with E-state index in [-0.39, 0.29) is 11.9 Å². The molecule has 2 rings (SSSR count). The third kappa shape index (κ3) is 3.69. The Morgan fingerprint density at radius 2 is 1.86 bits per heavy atom. The maximum Gasteiger partial charge on any atom is 0.271 e. The lowest BCUT2D eigenvalue weighted by Gasteiger charge is -2.18. The standard InChI is InChI=1S/C17H22ClN3O/c1-4-11(3)12-6-8-13(9-7-12)15(5-2)20-17(22)16-14(18)10-19-21-16/h6-11,15H,4-5H2,1-3H3,(H,19,21)(H,20,22). The second-order valence-corrected chi connectivity index (χ2v) is 5.91. The molecule has 0 saturated heterocycles. The minimum Gasteiger partial charge on any atom is -0.344 e. The van der Waals surface area contributed by atoms with Gasteiger partial charge in [0.15, 0.2) is 0 Å². The predicted molar refractivity (Wildman–Crippen MR) is 89.2 cm³/mol. The number of aromatic nitrogens is 2. The number of halogens is 1. The van der Waals surface area contributed by atoms with Gasteiger partial charge in [0.2, 0.25) is 0 Å². The van der Waals surface area contributed by atoms with Crippen LogP contribution in [0.2, 0.25) is 5.02 Å². The molecule has 1 amide bonds. The van der Waals surface area contributed by atoms with Crippen molar-refractivity contribution in [1.29, 1.82) is 0 Å². The van der Waals surface area contributed by atoms with Crippen molar-refractivity contribution in [2.75, 3.05) is 0 Å². The quantitative estimate of drug-likeness (QED) is 0.826. The molecule has 0 spiro atoms. The van der Waals surface area contributed by atoms with Crippen LogP contribution in [-0.2, 0) is 0 Å². The topological polar surface area (TPSA) is 57.8 Å². The lowest BCUT2D eigenvalue weighted by atomic mass is 9.95. The van der Waals surface area contributed by atoms with Crippen molar-refractivity contribution in [3.63, 3.8) is 0 Å². The first-order valence-corrected chi connectivity index (χ1v) is 8.04. The van der Waals surface area contributed by atoms with E-state index in [9.17, 15) is 4.79 Å². The Hall–Kier alpha value is -1.81. The molecule has 0 saturated carbocycles. The molecular formula is C17H22ClN3O. The van der Waals surface area contributed by atoms with Gasteiger partial charge in [-0.3, -0.25) is 9.89 Å². The maximum atomic E-state index is 12.2. The molecule has 2 unspecified atom stereocenters. The van der Waals surface area contributed by atoms with Crippen LogP contribution >= 0.6 is 11.6 Å². The van der Waals surface area contributed by atoms with Gasteiger partial charge in [-0.05, 0) is 29.9 Å². The Bertz CT molecular complexity index is 621. The largest absolute Gasteiger partial charge is 0.344 e. The summed E-state index contributed by atoms with van der Waals surface area (Å²) >= 11 is 5.92. The number of hydrogen-bond donors (Lipinski definition) is 2. The lowest BCUT2D eigenvalue weighted by molar-refractivity contribution is 0.0930. The summed E-state index contributed by atoms with van der Waals surface area (Å²) < 4.78 is 0. The zero-order chi connectivity index (χ0) is 16.1. The molecule has 2 aromatic rings. The fraction of sp³-hybridized carbons (Fsp3) is 0.412. The fourth-order valence-corrected chi connectivity index (χ4v) is 2.55. The SMILES string of the molecule is CCC(C)c1ccc(C(CC)NC(=O)c2[nH]ncc2Cl)cc1. The predicted octanol–water partition coefficient (Wildman–Crippen LogP) is 4.46. The molecular weight excluding hydrogens is 298 g/mol. The summed E-state index contributed by atoms with van der Waals surface area (Å²) in [5.74, 6) is 0.313. The normalized spacial score (nSPS) is 13.6. The third-order valence-electron chi connectivity index (χ3n) is 4.05. The highest BCUT2D eigenvalue weighted by atomic mass is 35.5. The van der Waals surface area contributed by atoms with Crippen LogP contribution in [0.25, 0.3) is 0 Å². The maximum absolute atomic E-state index is 12.2. The first kappa shape index (κ1) is 16.6. The Morgan fingerprint density at radius 3 is 2.36 bits per heavy atom. The number of H-pyrrole nitrogens is 1. The molecule has 4 nitrogen and oxygen atoms in total. The smallest absolute Gasteiger partial charge is 0.271 e. The van der Waals surface area contributed by atoms with Gasteiger partial charge in [-0.1, -0.05) is 56.6 Å². The number of nitrogens with zero attached hydrogens (tertiary/aromatic N) is 1. The van der Waals surface area contributed by atoms with Crippen LogP contribution in [0.1, 0.15) is 67.2 Å². The monoisotopic (exact) mass is 319 g/mol. The van der Waals surface area contributed by atoms with E-state index in [1.165, 1.54) is 11.8 Å². The molecule has 0 aliphatic carbocycles. The lowest BCUT2D eigenvalue weighted by Crippen LogP contribution is -2.28. The molecule has 1 aromatic carbocycles. The van der Waals surface area contributed by atoms with Crippen LogP contribution in [0.15, 0.2) is 30.5 Å². The van der Waals surface area contributed by atoms with E-state index in [1.54, 1.807) is 0 Å². The van der Waals surface area contributed by atoms with E-state index in [0.29, 0.717) is 16.6 Å². The summed E-state index contributed by atoms with van der Waals surface area (Å²) in [6.07, 6.45) is 3.35. The molecule has 0 bridgehead atoms. The highest BCUT2D eigenvalue weighted by Crippen LogP contribution is 2.23. The Labute approximate surface area is 136 Å².